The molecule has 17 heavy (non-hydrogen) atoms. The number of aromatic amines is 1. The number of aryl methyl sites for hydroxylation is 2. The average molecular weight is 250 g/mol. The number of H-pyrrole nitrogens is 1. The molecule has 5 nitrogen and oxygen atoms in total. The highest BCUT2D eigenvalue weighted by molar-refractivity contribution is 7.05. The molecule has 0 atom stereocenters. The van der Waals surface area contributed by atoms with Gasteiger partial charge >= 0.3 is 0 Å². The first-order valence-corrected chi connectivity index (χ1v) is 6.11. The molecule has 2 N–H and O–H groups in total. The van der Waals surface area contributed by atoms with Crippen molar-refractivity contribution in [2.75, 3.05) is 0 Å². The molecular formula is C11H14N4OS. The zero-order valence-electron chi connectivity index (χ0n) is 9.78. The molecule has 0 spiro atoms. The van der Waals surface area contributed by atoms with Gasteiger partial charge in [-0.15, -0.1) is 0 Å². The molecule has 2 aromatic heterocycles. The average Bonchev–Trinajstić information content (AvgIpc) is 2.91. The SMILES string of the molecule is Cc1n[nH]c(C)c1CC(=O)NCc1ccns1. The maximum absolute atomic E-state index is 11.7. The predicted molar refractivity (Wildman–Crippen MR) is 65.7 cm³/mol. The Morgan fingerprint density at radius 1 is 1.53 bits per heavy atom. The van der Waals surface area contributed by atoms with Gasteiger partial charge in [0.2, 0.25) is 5.91 Å². The molecule has 0 radical (unpaired) electrons. The van der Waals surface area contributed by atoms with Crippen LogP contribution in [0.1, 0.15) is 21.8 Å². The molecule has 6 heteroatoms. The molecule has 90 valence electrons. The summed E-state index contributed by atoms with van der Waals surface area (Å²) in [6, 6.07) is 1.90. The van der Waals surface area contributed by atoms with Crippen molar-refractivity contribution in [3.8, 4) is 0 Å². The van der Waals surface area contributed by atoms with Crippen LogP contribution in [0.3, 0.4) is 0 Å². The van der Waals surface area contributed by atoms with Gasteiger partial charge < -0.3 is 5.32 Å². The molecule has 2 rings (SSSR count). The van der Waals surface area contributed by atoms with Gasteiger partial charge in [0.15, 0.2) is 0 Å². The summed E-state index contributed by atoms with van der Waals surface area (Å²) in [7, 11) is 0. The minimum atomic E-state index is 0.00556. The van der Waals surface area contributed by atoms with Crippen molar-refractivity contribution in [1.82, 2.24) is 19.9 Å². The standard InChI is InChI=1S/C11H14N4OS/c1-7-10(8(2)15-14-7)5-11(16)12-6-9-3-4-13-17-9/h3-4H,5-6H2,1-2H3,(H,12,16)(H,14,15). The second-order valence-corrected chi connectivity index (χ2v) is 4.76. The number of aromatic nitrogens is 3. The molecule has 0 aliphatic rings. The fourth-order valence-electron chi connectivity index (χ4n) is 1.58. The predicted octanol–water partition coefficient (Wildman–Crippen LogP) is 1.34. The Labute approximate surface area is 103 Å². The van der Waals surface area contributed by atoms with Gasteiger partial charge in [0.1, 0.15) is 0 Å². The first-order chi connectivity index (χ1) is 8.16. The summed E-state index contributed by atoms with van der Waals surface area (Å²) >= 11 is 1.40. The molecule has 2 aromatic rings. The number of nitrogens with one attached hydrogen (secondary N) is 2. The minimum Gasteiger partial charge on any atom is -0.351 e. The van der Waals surface area contributed by atoms with Gasteiger partial charge in [-0.3, -0.25) is 9.89 Å². The quantitative estimate of drug-likeness (QED) is 0.860. The van der Waals surface area contributed by atoms with Gasteiger partial charge in [0.25, 0.3) is 0 Å². The highest BCUT2D eigenvalue weighted by atomic mass is 32.1. The third-order valence-electron chi connectivity index (χ3n) is 2.57. The van der Waals surface area contributed by atoms with Crippen LogP contribution in [-0.2, 0) is 17.8 Å². The Balaban J connectivity index is 1.89. The molecule has 0 aliphatic heterocycles. The molecule has 0 unspecified atom stereocenters. The smallest absolute Gasteiger partial charge is 0.224 e. The van der Waals surface area contributed by atoms with Gasteiger partial charge in [-0.1, -0.05) is 0 Å². The monoisotopic (exact) mass is 250 g/mol. The lowest BCUT2D eigenvalue weighted by Gasteiger charge is -2.03. The molecule has 0 aliphatic carbocycles. The normalized spacial score (nSPS) is 10.5. The van der Waals surface area contributed by atoms with Crippen LogP contribution in [0, 0.1) is 13.8 Å². The Kier molecular flexibility index (Phi) is 3.53. The highest BCUT2D eigenvalue weighted by Crippen LogP contribution is 2.10. The Bertz CT molecular complexity index is 484. The topological polar surface area (TPSA) is 70.7 Å². The van der Waals surface area contributed by atoms with Crippen LogP contribution >= 0.6 is 11.5 Å². The number of carbonyl (C=O) groups is 1. The van der Waals surface area contributed by atoms with Gasteiger partial charge in [-0.2, -0.15) is 5.10 Å². The van der Waals surface area contributed by atoms with Crippen molar-refractivity contribution in [2.24, 2.45) is 0 Å². The molecular weight excluding hydrogens is 236 g/mol. The van der Waals surface area contributed by atoms with Crippen LogP contribution < -0.4 is 5.32 Å². The van der Waals surface area contributed by atoms with Crippen molar-refractivity contribution in [2.45, 2.75) is 26.8 Å². The van der Waals surface area contributed by atoms with Crippen LogP contribution in [0.25, 0.3) is 0 Å². The minimum absolute atomic E-state index is 0.00556. The van der Waals surface area contributed by atoms with Crippen molar-refractivity contribution in [3.63, 3.8) is 0 Å². The van der Waals surface area contributed by atoms with E-state index in [1.54, 1.807) is 6.20 Å². The second-order valence-electron chi connectivity index (χ2n) is 3.84. The molecule has 0 saturated heterocycles. The summed E-state index contributed by atoms with van der Waals surface area (Å²) in [4.78, 5) is 12.8. The van der Waals surface area contributed by atoms with E-state index in [0.717, 1.165) is 21.8 Å². The van der Waals surface area contributed by atoms with E-state index in [9.17, 15) is 4.79 Å². The molecule has 2 heterocycles. The summed E-state index contributed by atoms with van der Waals surface area (Å²) < 4.78 is 3.98. The number of hydrogen-bond acceptors (Lipinski definition) is 4. The Morgan fingerprint density at radius 2 is 2.35 bits per heavy atom. The van der Waals surface area contributed by atoms with E-state index in [1.807, 2.05) is 19.9 Å². The summed E-state index contributed by atoms with van der Waals surface area (Å²) in [5.41, 5.74) is 2.82. The van der Waals surface area contributed by atoms with E-state index in [1.165, 1.54) is 11.5 Å². The van der Waals surface area contributed by atoms with Gasteiger partial charge in [0, 0.05) is 22.3 Å². The third kappa shape index (κ3) is 2.91. The maximum atomic E-state index is 11.7. The molecule has 0 aromatic carbocycles. The van der Waals surface area contributed by atoms with E-state index in [4.69, 9.17) is 0 Å². The third-order valence-corrected chi connectivity index (χ3v) is 3.31. The van der Waals surface area contributed by atoms with Crippen molar-refractivity contribution >= 4 is 17.4 Å². The van der Waals surface area contributed by atoms with Crippen LogP contribution in [0.2, 0.25) is 0 Å². The molecule has 0 saturated carbocycles. The van der Waals surface area contributed by atoms with E-state index < -0.39 is 0 Å². The van der Waals surface area contributed by atoms with Crippen LogP contribution in [0.4, 0.5) is 0 Å². The summed E-state index contributed by atoms with van der Waals surface area (Å²) in [5.74, 6) is 0.00556. The number of amides is 1. The lowest BCUT2D eigenvalue weighted by molar-refractivity contribution is -0.120. The second kappa shape index (κ2) is 5.09. The Morgan fingerprint density at radius 3 is 2.94 bits per heavy atom. The number of hydrogen-bond donors (Lipinski definition) is 2. The summed E-state index contributed by atoms with van der Waals surface area (Å²) in [6.07, 6.45) is 2.10. The zero-order chi connectivity index (χ0) is 12.3. The van der Waals surface area contributed by atoms with E-state index in [0.29, 0.717) is 13.0 Å². The van der Waals surface area contributed by atoms with Crippen LogP contribution in [0.15, 0.2) is 12.3 Å². The van der Waals surface area contributed by atoms with Gasteiger partial charge in [-0.05, 0) is 31.4 Å². The number of rotatable bonds is 4. The fourth-order valence-corrected chi connectivity index (χ4v) is 2.09. The van der Waals surface area contributed by atoms with Crippen molar-refractivity contribution < 1.29 is 4.79 Å². The fraction of sp³-hybridized carbons (Fsp3) is 0.364. The largest absolute Gasteiger partial charge is 0.351 e. The number of carbonyl (C=O) groups excluding carboxylic acids is 1. The lowest BCUT2D eigenvalue weighted by Crippen LogP contribution is -2.24. The maximum Gasteiger partial charge on any atom is 0.224 e. The van der Waals surface area contributed by atoms with Gasteiger partial charge in [0.05, 0.1) is 18.7 Å². The highest BCUT2D eigenvalue weighted by Gasteiger charge is 2.11. The van der Waals surface area contributed by atoms with Crippen LogP contribution in [0.5, 0.6) is 0 Å². The zero-order valence-corrected chi connectivity index (χ0v) is 10.6. The van der Waals surface area contributed by atoms with E-state index >= 15 is 0 Å². The summed E-state index contributed by atoms with van der Waals surface area (Å²) in [5, 5.41) is 9.81. The van der Waals surface area contributed by atoms with E-state index in [-0.39, 0.29) is 5.91 Å². The molecule has 0 bridgehead atoms. The molecule has 0 fully saturated rings. The number of nitrogens with zero attached hydrogens (tertiary/aromatic N) is 2. The first-order valence-electron chi connectivity index (χ1n) is 5.33. The molecule has 1 amide bonds. The van der Waals surface area contributed by atoms with Crippen molar-refractivity contribution in [1.29, 1.82) is 0 Å². The lowest BCUT2D eigenvalue weighted by atomic mass is 10.1. The van der Waals surface area contributed by atoms with Crippen LogP contribution in [-0.4, -0.2) is 20.5 Å². The first kappa shape index (κ1) is 11.8. The summed E-state index contributed by atoms with van der Waals surface area (Å²) in [6.45, 7) is 4.36. The Hall–Kier alpha value is -1.69. The van der Waals surface area contributed by atoms with Crippen molar-refractivity contribution in [3.05, 3.63) is 34.1 Å². The van der Waals surface area contributed by atoms with Gasteiger partial charge in [-0.25, -0.2) is 4.37 Å². The van der Waals surface area contributed by atoms with E-state index in [2.05, 4.69) is 19.9 Å².